The van der Waals surface area contributed by atoms with Crippen LogP contribution in [0.3, 0.4) is 0 Å². The molecule has 92 valence electrons. The van der Waals surface area contributed by atoms with Gasteiger partial charge in [0.2, 0.25) is 5.91 Å². The fourth-order valence-electron chi connectivity index (χ4n) is 1.26. The molecular weight excluding hydrogens is 235 g/mol. The van der Waals surface area contributed by atoms with Crippen molar-refractivity contribution in [3.8, 4) is 0 Å². The van der Waals surface area contributed by atoms with Crippen molar-refractivity contribution in [1.29, 1.82) is 0 Å². The van der Waals surface area contributed by atoms with Crippen molar-refractivity contribution >= 4 is 17.4 Å². The Balaban J connectivity index is 2.84. The number of Topliss-reactive ketones (excluding diaryl/α,β-unsaturated/α-hetero) is 1. The van der Waals surface area contributed by atoms with E-state index in [1.54, 1.807) is 0 Å². The zero-order valence-corrected chi connectivity index (χ0v) is 8.97. The molecule has 0 aromatic heterocycles. The fraction of sp³-hybridized carbons (Fsp3) is 0.273. The van der Waals surface area contributed by atoms with Crippen LogP contribution in [0.2, 0.25) is 0 Å². The zero-order chi connectivity index (χ0) is 13.1. The number of alkyl halides is 3. The number of ketones is 1. The highest BCUT2D eigenvalue weighted by Gasteiger charge is 2.31. The van der Waals surface area contributed by atoms with Crippen LogP contribution in [-0.4, -0.2) is 17.9 Å². The molecule has 1 aromatic carbocycles. The molecule has 17 heavy (non-hydrogen) atoms. The Morgan fingerprint density at radius 3 is 2.47 bits per heavy atom. The molecule has 0 heterocycles. The molecule has 0 saturated carbocycles. The van der Waals surface area contributed by atoms with Gasteiger partial charge in [-0.05, 0) is 12.1 Å². The number of hydrogen-bond donors (Lipinski definition) is 1. The summed E-state index contributed by atoms with van der Waals surface area (Å²) in [6.45, 7) is 1.27. The minimum atomic E-state index is -4.53. The SMILES string of the molecule is CC(=O)Nc1cccc(C(=O)CC(F)(F)F)c1. The van der Waals surface area contributed by atoms with Crippen LogP contribution in [0.5, 0.6) is 0 Å². The van der Waals surface area contributed by atoms with Gasteiger partial charge in [-0.2, -0.15) is 13.2 Å². The van der Waals surface area contributed by atoms with Crippen LogP contribution in [0.25, 0.3) is 0 Å². The maximum Gasteiger partial charge on any atom is 0.396 e. The normalized spacial score (nSPS) is 11.1. The first-order valence-electron chi connectivity index (χ1n) is 4.75. The molecule has 1 rings (SSSR count). The summed E-state index contributed by atoms with van der Waals surface area (Å²) in [7, 11) is 0. The summed E-state index contributed by atoms with van der Waals surface area (Å²) >= 11 is 0. The molecule has 0 bridgehead atoms. The highest BCUT2D eigenvalue weighted by Crippen LogP contribution is 2.23. The average molecular weight is 245 g/mol. The summed E-state index contributed by atoms with van der Waals surface area (Å²) in [6.07, 6.45) is -6.03. The third-order valence-electron chi connectivity index (χ3n) is 1.87. The molecule has 6 heteroatoms. The zero-order valence-electron chi connectivity index (χ0n) is 8.97. The van der Waals surface area contributed by atoms with Crippen LogP contribution in [0.15, 0.2) is 24.3 Å². The van der Waals surface area contributed by atoms with Crippen LogP contribution < -0.4 is 5.32 Å². The van der Waals surface area contributed by atoms with Gasteiger partial charge in [-0.3, -0.25) is 9.59 Å². The molecule has 0 atom stereocenters. The number of anilines is 1. The van der Waals surface area contributed by atoms with Gasteiger partial charge in [0, 0.05) is 18.2 Å². The summed E-state index contributed by atoms with van der Waals surface area (Å²) in [4.78, 5) is 22.0. The Hall–Kier alpha value is -1.85. The first kappa shape index (κ1) is 13.2. The molecule has 0 spiro atoms. The Bertz CT molecular complexity index is 441. The van der Waals surface area contributed by atoms with E-state index in [0.29, 0.717) is 5.69 Å². The lowest BCUT2D eigenvalue weighted by molar-refractivity contribution is -0.125. The summed E-state index contributed by atoms with van der Waals surface area (Å²) in [5.74, 6) is -1.38. The maximum absolute atomic E-state index is 12.0. The molecule has 0 fully saturated rings. The van der Waals surface area contributed by atoms with E-state index in [2.05, 4.69) is 5.32 Å². The molecule has 0 saturated heterocycles. The van der Waals surface area contributed by atoms with Gasteiger partial charge in [-0.1, -0.05) is 12.1 Å². The smallest absolute Gasteiger partial charge is 0.326 e. The number of amides is 1. The standard InChI is InChI=1S/C11H10F3NO2/c1-7(16)15-9-4-2-3-8(5-9)10(17)6-11(12,13)14/h2-5H,6H2,1H3,(H,15,16). The van der Waals surface area contributed by atoms with Crippen LogP contribution in [0, 0.1) is 0 Å². The van der Waals surface area contributed by atoms with Gasteiger partial charge in [0.1, 0.15) is 6.42 Å². The summed E-state index contributed by atoms with van der Waals surface area (Å²) in [5.41, 5.74) is 0.221. The van der Waals surface area contributed by atoms with E-state index in [4.69, 9.17) is 0 Å². The molecule has 0 radical (unpaired) electrons. The summed E-state index contributed by atoms with van der Waals surface area (Å²) in [6, 6.07) is 5.40. The van der Waals surface area contributed by atoms with Crippen molar-refractivity contribution in [2.75, 3.05) is 5.32 Å². The molecule has 0 aliphatic carbocycles. The lowest BCUT2D eigenvalue weighted by Gasteiger charge is -2.07. The van der Waals surface area contributed by atoms with Gasteiger partial charge in [-0.15, -0.1) is 0 Å². The van der Waals surface area contributed by atoms with Gasteiger partial charge in [-0.25, -0.2) is 0 Å². The monoisotopic (exact) mass is 245 g/mol. The first-order valence-corrected chi connectivity index (χ1v) is 4.75. The van der Waals surface area contributed by atoms with E-state index in [1.807, 2.05) is 0 Å². The lowest BCUT2D eigenvalue weighted by atomic mass is 10.1. The summed E-state index contributed by atoms with van der Waals surface area (Å²) in [5, 5.41) is 2.39. The number of nitrogens with one attached hydrogen (secondary N) is 1. The number of halogens is 3. The number of benzene rings is 1. The van der Waals surface area contributed by atoms with Crippen molar-refractivity contribution < 1.29 is 22.8 Å². The molecular formula is C11H10F3NO2. The molecule has 0 aliphatic heterocycles. The third-order valence-corrected chi connectivity index (χ3v) is 1.87. The van der Waals surface area contributed by atoms with Crippen LogP contribution in [-0.2, 0) is 4.79 Å². The molecule has 1 N–H and O–H groups in total. The quantitative estimate of drug-likeness (QED) is 0.832. The minimum absolute atomic E-state index is 0.0754. The van der Waals surface area contributed by atoms with E-state index in [1.165, 1.54) is 31.2 Å². The van der Waals surface area contributed by atoms with E-state index < -0.39 is 18.4 Å². The van der Waals surface area contributed by atoms with Gasteiger partial charge in [0.25, 0.3) is 0 Å². The maximum atomic E-state index is 12.0. The number of carbonyl (C=O) groups is 2. The highest BCUT2D eigenvalue weighted by molar-refractivity contribution is 5.98. The van der Waals surface area contributed by atoms with E-state index in [0.717, 1.165) is 0 Å². The molecule has 3 nitrogen and oxygen atoms in total. The topological polar surface area (TPSA) is 46.2 Å². The third kappa shape index (κ3) is 4.67. The number of hydrogen-bond acceptors (Lipinski definition) is 2. The van der Waals surface area contributed by atoms with Gasteiger partial charge in [0.05, 0.1) is 0 Å². The van der Waals surface area contributed by atoms with Crippen molar-refractivity contribution in [2.45, 2.75) is 19.5 Å². The van der Waals surface area contributed by atoms with E-state index >= 15 is 0 Å². The predicted molar refractivity (Wildman–Crippen MR) is 55.7 cm³/mol. The van der Waals surface area contributed by atoms with Crippen molar-refractivity contribution in [2.24, 2.45) is 0 Å². The van der Waals surface area contributed by atoms with Gasteiger partial charge >= 0.3 is 6.18 Å². The summed E-state index contributed by atoms with van der Waals surface area (Å²) < 4.78 is 36.0. The van der Waals surface area contributed by atoms with Crippen LogP contribution in [0.4, 0.5) is 18.9 Å². The average Bonchev–Trinajstić information content (AvgIpc) is 2.14. The second-order valence-corrected chi connectivity index (χ2v) is 3.48. The molecule has 0 aliphatic rings. The number of rotatable bonds is 3. The van der Waals surface area contributed by atoms with Crippen molar-refractivity contribution in [3.63, 3.8) is 0 Å². The van der Waals surface area contributed by atoms with E-state index in [9.17, 15) is 22.8 Å². The van der Waals surface area contributed by atoms with Crippen molar-refractivity contribution in [3.05, 3.63) is 29.8 Å². The van der Waals surface area contributed by atoms with Crippen LogP contribution in [0.1, 0.15) is 23.7 Å². The second-order valence-electron chi connectivity index (χ2n) is 3.48. The Kier molecular flexibility index (Phi) is 3.88. The first-order chi connectivity index (χ1) is 7.78. The highest BCUT2D eigenvalue weighted by atomic mass is 19.4. The Morgan fingerprint density at radius 1 is 1.29 bits per heavy atom. The molecule has 0 unspecified atom stereocenters. The largest absolute Gasteiger partial charge is 0.396 e. The Labute approximate surface area is 95.6 Å². The fourth-order valence-corrected chi connectivity index (χ4v) is 1.26. The minimum Gasteiger partial charge on any atom is -0.326 e. The number of carbonyl (C=O) groups excluding carboxylic acids is 2. The van der Waals surface area contributed by atoms with E-state index in [-0.39, 0.29) is 11.5 Å². The van der Waals surface area contributed by atoms with Crippen LogP contribution >= 0.6 is 0 Å². The lowest BCUT2D eigenvalue weighted by Crippen LogP contribution is -2.15. The van der Waals surface area contributed by atoms with Gasteiger partial charge < -0.3 is 5.32 Å². The van der Waals surface area contributed by atoms with Gasteiger partial charge in [0.15, 0.2) is 5.78 Å². The van der Waals surface area contributed by atoms with Crippen molar-refractivity contribution in [1.82, 2.24) is 0 Å². The second kappa shape index (κ2) is 4.99. The molecule has 1 aromatic rings. The molecule has 1 amide bonds. The predicted octanol–water partition coefficient (Wildman–Crippen LogP) is 2.78. The Morgan fingerprint density at radius 2 is 1.94 bits per heavy atom.